The van der Waals surface area contributed by atoms with E-state index in [0.717, 1.165) is 11.1 Å². The van der Waals surface area contributed by atoms with E-state index in [1.165, 1.54) is 43.1 Å². The average molecular weight is 315 g/mol. The summed E-state index contributed by atoms with van der Waals surface area (Å²) >= 11 is 0. The zero-order valence-electron chi connectivity index (χ0n) is 13.4. The van der Waals surface area contributed by atoms with Crippen LogP contribution in [0.4, 0.5) is 0 Å². The van der Waals surface area contributed by atoms with Gasteiger partial charge in [-0.1, -0.05) is 25.3 Å². The highest BCUT2D eigenvalue weighted by atomic mass is 16.5. The van der Waals surface area contributed by atoms with Crippen LogP contribution in [0.5, 0.6) is 0 Å². The van der Waals surface area contributed by atoms with Gasteiger partial charge in [0.2, 0.25) is 0 Å². The molecule has 2 aliphatic rings. The summed E-state index contributed by atoms with van der Waals surface area (Å²) < 4.78 is 5.84. The lowest BCUT2D eigenvalue weighted by Crippen LogP contribution is -2.24. The molecule has 1 aromatic heterocycles. The number of aliphatic hydroxyl groups excluding tert-OH is 2. The molecule has 0 bridgehead atoms. The predicted molar refractivity (Wildman–Crippen MR) is 89.4 cm³/mol. The van der Waals surface area contributed by atoms with Crippen molar-refractivity contribution in [1.82, 2.24) is 4.98 Å². The maximum absolute atomic E-state index is 9.99. The Morgan fingerprint density at radius 3 is 2.74 bits per heavy atom. The topological polar surface area (TPSA) is 65.5 Å². The molecule has 2 aromatic rings. The van der Waals surface area contributed by atoms with Crippen LogP contribution in [0.25, 0.3) is 10.9 Å². The van der Waals surface area contributed by atoms with E-state index in [-0.39, 0.29) is 12.7 Å². The van der Waals surface area contributed by atoms with Crippen molar-refractivity contribution in [2.24, 2.45) is 0 Å². The van der Waals surface area contributed by atoms with Crippen LogP contribution in [-0.4, -0.2) is 34.0 Å². The fraction of sp³-hybridized carbons (Fsp3) is 0.579. The summed E-state index contributed by atoms with van der Waals surface area (Å²) in [4.78, 5) is 3.32. The molecule has 0 spiro atoms. The van der Waals surface area contributed by atoms with Gasteiger partial charge in [0.25, 0.3) is 0 Å². The SMILES string of the molecule is OC[C@H]1OC(c2c[nH]c3ccc(C4CCCCC4)cc23)C[C@@H]1O. The predicted octanol–water partition coefficient (Wildman–Crippen LogP) is 3.40. The Labute approximate surface area is 136 Å². The second-order valence-corrected chi connectivity index (χ2v) is 7.03. The molecule has 4 heteroatoms. The van der Waals surface area contributed by atoms with Crippen LogP contribution in [0.2, 0.25) is 0 Å². The third-order valence-corrected chi connectivity index (χ3v) is 5.56. The molecule has 1 aromatic carbocycles. The summed E-state index contributed by atoms with van der Waals surface area (Å²) in [7, 11) is 0. The fourth-order valence-corrected chi connectivity index (χ4v) is 4.21. The van der Waals surface area contributed by atoms with Gasteiger partial charge >= 0.3 is 0 Å². The normalized spacial score (nSPS) is 29.4. The van der Waals surface area contributed by atoms with E-state index in [9.17, 15) is 10.2 Å². The Kier molecular flexibility index (Phi) is 4.14. The van der Waals surface area contributed by atoms with Gasteiger partial charge in [0.05, 0.1) is 18.8 Å². The summed E-state index contributed by atoms with van der Waals surface area (Å²) in [5, 5.41) is 20.5. The van der Waals surface area contributed by atoms with Gasteiger partial charge in [0.1, 0.15) is 6.10 Å². The van der Waals surface area contributed by atoms with Crippen LogP contribution in [0.15, 0.2) is 24.4 Å². The van der Waals surface area contributed by atoms with Crippen LogP contribution >= 0.6 is 0 Å². The number of ether oxygens (including phenoxy) is 1. The summed E-state index contributed by atoms with van der Waals surface area (Å²) in [5.74, 6) is 0.677. The summed E-state index contributed by atoms with van der Waals surface area (Å²) in [6, 6.07) is 6.72. The van der Waals surface area contributed by atoms with Crippen molar-refractivity contribution in [3.8, 4) is 0 Å². The number of rotatable bonds is 3. The molecule has 23 heavy (non-hydrogen) atoms. The lowest BCUT2D eigenvalue weighted by molar-refractivity contribution is -0.0222. The molecule has 3 N–H and O–H groups in total. The average Bonchev–Trinajstić information content (AvgIpc) is 3.18. The highest BCUT2D eigenvalue weighted by Crippen LogP contribution is 2.39. The molecule has 1 aliphatic carbocycles. The second kappa shape index (κ2) is 6.27. The summed E-state index contributed by atoms with van der Waals surface area (Å²) in [6.45, 7) is -0.132. The molecular formula is C19H25NO3. The number of fused-ring (bicyclic) bond motifs is 1. The maximum atomic E-state index is 9.99. The molecule has 124 valence electrons. The Balaban J connectivity index is 1.65. The van der Waals surface area contributed by atoms with E-state index in [2.05, 4.69) is 23.2 Å². The lowest BCUT2D eigenvalue weighted by atomic mass is 9.83. The van der Waals surface area contributed by atoms with E-state index >= 15 is 0 Å². The minimum atomic E-state index is -0.587. The van der Waals surface area contributed by atoms with Crippen molar-refractivity contribution >= 4 is 10.9 Å². The van der Waals surface area contributed by atoms with Gasteiger partial charge in [-0.2, -0.15) is 0 Å². The number of hydrogen-bond donors (Lipinski definition) is 3. The molecule has 3 atom stereocenters. The molecule has 4 nitrogen and oxygen atoms in total. The van der Waals surface area contributed by atoms with Crippen LogP contribution in [0, 0.1) is 0 Å². The summed E-state index contributed by atoms with van der Waals surface area (Å²) in [5.41, 5.74) is 3.65. The minimum Gasteiger partial charge on any atom is -0.394 e. The van der Waals surface area contributed by atoms with Gasteiger partial charge in [0, 0.05) is 29.1 Å². The third kappa shape index (κ3) is 2.80. The van der Waals surface area contributed by atoms with Crippen LogP contribution < -0.4 is 0 Å². The van der Waals surface area contributed by atoms with E-state index in [0.29, 0.717) is 12.3 Å². The van der Waals surface area contributed by atoms with E-state index in [1.54, 1.807) is 0 Å². The highest BCUT2D eigenvalue weighted by Gasteiger charge is 2.35. The first-order valence-corrected chi connectivity index (χ1v) is 8.81. The smallest absolute Gasteiger partial charge is 0.107 e. The Morgan fingerprint density at radius 2 is 2.00 bits per heavy atom. The molecule has 2 fully saturated rings. The van der Waals surface area contributed by atoms with E-state index in [1.807, 2.05) is 6.20 Å². The Bertz CT molecular complexity index is 674. The number of aromatic nitrogens is 1. The lowest BCUT2D eigenvalue weighted by Gasteiger charge is -2.22. The van der Waals surface area contributed by atoms with Crippen molar-refractivity contribution in [2.75, 3.05) is 6.61 Å². The Hall–Kier alpha value is -1.36. The third-order valence-electron chi connectivity index (χ3n) is 5.56. The molecule has 2 heterocycles. The van der Waals surface area contributed by atoms with Crippen LogP contribution in [0.1, 0.15) is 61.7 Å². The highest BCUT2D eigenvalue weighted by molar-refractivity contribution is 5.84. The molecule has 0 amide bonds. The molecule has 1 unspecified atom stereocenters. The van der Waals surface area contributed by atoms with Gasteiger partial charge in [-0.3, -0.25) is 0 Å². The zero-order valence-corrected chi connectivity index (χ0v) is 13.4. The molecule has 0 radical (unpaired) electrons. The van der Waals surface area contributed by atoms with Crippen LogP contribution in [0.3, 0.4) is 0 Å². The number of aromatic amines is 1. The van der Waals surface area contributed by atoms with E-state index < -0.39 is 12.2 Å². The molecule has 1 saturated heterocycles. The zero-order chi connectivity index (χ0) is 15.8. The maximum Gasteiger partial charge on any atom is 0.107 e. The molecular weight excluding hydrogens is 290 g/mol. The van der Waals surface area contributed by atoms with E-state index in [4.69, 9.17) is 4.74 Å². The summed E-state index contributed by atoms with van der Waals surface area (Å²) in [6.07, 6.45) is 7.95. The monoisotopic (exact) mass is 315 g/mol. The van der Waals surface area contributed by atoms with Crippen molar-refractivity contribution < 1.29 is 14.9 Å². The number of aliphatic hydroxyl groups is 2. The first-order chi connectivity index (χ1) is 11.3. The standard InChI is InChI=1S/C19H25NO3/c21-11-19-17(22)9-18(23-19)15-10-20-16-7-6-13(8-14(15)16)12-4-2-1-3-5-12/h6-8,10,12,17-22H,1-5,9,11H2/t17-,18?,19+/m0/s1. The van der Waals surface area contributed by atoms with Gasteiger partial charge < -0.3 is 19.9 Å². The van der Waals surface area contributed by atoms with Gasteiger partial charge in [-0.15, -0.1) is 0 Å². The molecule has 1 aliphatic heterocycles. The fourth-order valence-electron chi connectivity index (χ4n) is 4.21. The van der Waals surface area contributed by atoms with Crippen molar-refractivity contribution in [3.05, 3.63) is 35.5 Å². The number of H-pyrrole nitrogens is 1. The first-order valence-electron chi connectivity index (χ1n) is 8.81. The van der Waals surface area contributed by atoms with Gasteiger partial charge in [0.15, 0.2) is 0 Å². The van der Waals surface area contributed by atoms with Crippen molar-refractivity contribution in [2.45, 2.75) is 62.8 Å². The molecule has 4 rings (SSSR count). The van der Waals surface area contributed by atoms with Gasteiger partial charge in [-0.25, -0.2) is 0 Å². The largest absolute Gasteiger partial charge is 0.394 e. The minimum absolute atomic E-state index is 0.132. The van der Waals surface area contributed by atoms with Crippen molar-refractivity contribution in [3.63, 3.8) is 0 Å². The quantitative estimate of drug-likeness (QED) is 0.813. The van der Waals surface area contributed by atoms with Gasteiger partial charge in [-0.05, 0) is 36.5 Å². The number of hydrogen-bond acceptors (Lipinski definition) is 3. The first kappa shape index (κ1) is 15.2. The number of nitrogens with one attached hydrogen (secondary N) is 1. The van der Waals surface area contributed by atoms with Crippen LogP contribution in [-0.2, 0) is 4.74 Å². The van der Waals surface area contributed by atoms with Crippen molar-refractivity contribution in [1.29, 1.82) is 0 Å². The number of benzene rings is 1. The second-order valence-electron chi connectivity index (χ2n) is 7.03. The Morgan fingerprint density at radius 1 is 1.17 bits per heavy atom. The molecule has 1 saturated carbocycles.